The van der Waals surface area contributed by atoms with Crippen LogP contribution in [0.1, 0.15) is 18.7 Å². The fraction of sp³-hybridized carbons (Fsp3) is 0.188. The summed E-state index contributed by atoms with van der Waals surface area (Å²) in [5.41, 5.74) is 1.02. The Bertz CT molecular complexity index is 1040. The zero-order chi connectivity index (χ0) is 18.8. The van der Waals surface area contributed by atoms with Crippen LogP contribution < -0.4 is 15.8 Å². The summed E-state index contributed by atoms with van der Waals surface area (Å²) in [4.78, 5) is 39.6. The van der Waals surface area contributed by atoms with Crippen molar-refractivity contribution in [1.29, 1.82) is 0 Å². The Balaban J connectivity index is 1.91. The molecule has 0 aliphatic carbocycles. The lowest BCUT2D eigenvalue weighted by molar-refractivity contribution is 0.203. The maximum atomic E-state index is 12.3. The molecular weight excluding hydrogens is 360 g/mol. The van der Waals surface area contributed by atoms with Crippen LogP contribution in [0.25, 0.3) is 11.0 Å². The van der Waals surface area contributed by atoms with Gasteiger partial charge in [-0.15, -0.1) is 0 Å². The summed E-state index contributed by atoms with van der Waals surface area (Å²) in [5.74, 6) is 0.379. The van der Waals surface area contributed by atoms with E-state index in [-0.39, 0.29) is 23.0 Å². The quantitative estimate of drug-likeness (QED) is 0.641. The molecule has 10 heteroatoms. The summed E-state index contributed by atoms with van der Waals surface area (Å²) in [6.07, 6.45) is 0.279. The minimum atomic E-state index is -1.15. The zero-order valence-electron chi connectivity index (χ0n) is 13.9. The number of amides is 1. The maximum absolute atomic E-state index is 12.3. The predicted molar refractivity (Wildman–Crippen MR) is 97.9 cm³/mol. The number of halogens is 1. The molecule has 9 nitrogen and oxygen atoms in total. The van der Waals surface area contributed by atoms with Crippen molar-refractivity contribution in [3.05, 3.63) is 51.5 Å². The monoisotopic (exact) mass is 374 g/mol. The standard InChI is InChI=1S/C16H15ClN6O3/c1-8(19-15-18-6-5-12(22-15)23(2)16(25)26)13-14(24)21-10-4-3-9(17)7-11(10)20-13/h3-8H,1-2H3,(H,21,24)(H,25,26)(H,18,19,22)/t8-/m0/s1. The van der Waals surface area contributed by atoms with Crippen molar-refractivity contribution in [3.8, 4) is 0 Å². The lowest BCUT2D eigenvalue weighted by Crippen LogP contribution is -2.26. The van der Waals surface area contributed by atoms with E-state index in [9.17, 15) is 9.59 Å². The van der Waals surface area contributed by atoms with Crippen molar-refractivity contribution in [3.63, 3.8) is 0 Å². The molecule has 0 radical (unpaired) electrons. The fourth-order valence-electron chi connectivity index (χ4n) is 2.33. The van der Waals surface area contributed by atoms with Crippen molar-refractivity contribution >= 4 is 40.5 Å². The molecule has 26 heavy (non-hydrogen) atoms. The van der Waals surface area contributed by atoms with Crippen LogP contribution in [-0.2, 0) is 0 Å². The largest absolute Gasteiger partial charge is 0.465 e. The van der Waals surface area contributed by atoms with E-state index in [0.717, 1.165) is 4.90 Å². The van der Waals surface area contributed by atoms with Crippen LogP contribution in [-0.4, -0.2) is 38.2 Å². The molecule has 1 aromatic carbocycles. The van der Waals surface area contributed by atoms with Gasteiger partial charge in [-0.1, -0.05) is 11.6 Å². The topological polar surface area (TPSA) is 124 Å². The highest BCUT2D eigenvalue weighted by Gasteiger charge is 2.16. The smallest absolute Gasteiger partial charge is 0.412 e. The average Bonchev–Trinajstić information content (AvgIpc) is 2.60. The highest BCUT2D eigenvalue weighted by molar-refractivity contribution is 6.31. The summed E-state index contributed by atoms with van der Waals surface area (Å²) in [6.45, 7) is 1.73. The van der Waals surface area contributed by atoms with Gasteiger partial charge in [0.05, 0.1) is 17.1 Å². The van der Waals surface area contributed by atoms with Crippen molar-refractivity contribution in [1.82, 2.24) is 19.9 Å². The molecule has 0 spiro atoms. The number of benzene rings is 1. The second-order valence-corrected chi connectivity index (χ2v) is 6.00. The van der Waals surface area contributed by atoms with Gasteiger partial charge in [0, 0.05) is 18.3 Å². The van der Waals surface area contributed by atoms with Crippen molar-refractivity contribution in [2.45, 2.75) is 13.0 Å². The normalized spacial score (nSPS) is 12.0. The number of rotatable bonds is 4. The molecule has 3 rings (SSSR count). The summed E-state index contributed by atoms with van der Waals surface area (Å²) < 4.78 is 0. The van der Waals surface area contributed by atoms with E-state index >= 15 is 0 Å². The van der Waals surface area contributed by atoms with Crippen molar-refractivity contribution in [2.24, 2.45) is 0 Å². The number of nitrogens with zero attached hydrogens (tertiary/aromatic N) is 4. The Labute approximate surface area is 152 Å². The first-order valence-corrected chi connectivity index (χ1v) is 7.98. The third kappa shape index (κ3) is 3.57. The third-order valence-electron chi connectivity index (χ3n) is 3.71. The number of carboxylic acid groups (broad SMARTS) is 1. The summed E-state index contributed by atoms with van der Waals surface area (Å²) in [7, 11) is 1.37. The van der Waals surface area contributed by atoms with Crippen LogP contribution >= 0.6 is 11.6 Å². The first kappa shape index (κ1) is 17.6. The van der Waals surface area contributed by atoms with E-state index in [1.807, 2.05) is 0 Å². The number of fused-ring (bicyclic) bond motifs is 1. The molecule has 0 aliphatic rings. The molecule has 134 valence electrons. The van der Waals surface area contributed by atoms with Gasteiger partial charge in [-0.3, -0.25) is 9.69 Å². The summed E-state index contributed by atoms with van der Waals surface area (Å²) in [6, 6.07) is 5.95. The fourth-order valence-corrected chi connectivity index (χ4v) is 2.50. The number of nitrogens with one attached hydrogen (secondary N) is 2. The minimum absolute atomic E-state index is 0.176. The van der Waals surface area contributed by atoms with Crippen LogP contribution in [0.4, 0.5) is 16.6 Å². The number of carbonyl (C=O) groups is 1. The van der Waals surface area contributed by atoms with Gasteiger partial charge in [0.2, 0.25) is 5.95 Å². The van der Waals surface area contributed by atoms with Gasteiger partial charge in [-0.2, -0.15) is 4.98 Å². The molecule has 0 bridgehead atoms. The second-order valence-electron chi connectivity index (χ2n) is 5.56. The molecule has 0 fully saturated rings. The van der Waals surface area contributed by atoms with Crippen LogP contribution in [0.3, 0.4) is 0 Å². The number of aromatic amines is 1. The van der Waals surface area contributed by atoms with Gasteiger partial charge in [0.15, 0.2) is 0 Å². The van der Waals surface area contributed by atoms with E-state index in [1.54, 1.807) is 25.1 Å². The second kappa shape index (κ2) is 6.96. The minimum Gasteiger partial charge on any atom is -0.465 e. The molecule has 1 atom stereocenters. The zero-order valence-corrected chi connectivity index (χ0v) is 14.7. The molecule has 0 saturated heterocycles. The number of hydrogen-bond acceptors (Lipinski definition) is 6. The third-order valence-corrected chi connectivity index (χ3v) is 3.94. The van der Waals surface area contributed by atoms with Gasteiger partial charge in [-0.25, -0.2) is 14.8 Å². The molecule has 0 unspecified atom stereocenters. The number of anilines is 2. The van der Waals surface area contributed by atoms with Crippen LogP contribution in [0.5, 0.6) is 0 Å². The summed E-state index contributed by atoms with van der Waals surface area (Å²) in [5, 5.41) is 12.5. The van der Waals surface area contributed by atoms with E-state index in [0.29, 0.717) is 16.1 Å². The van der Waals surface area contributed by atoms with Crippen molar-refractivity contribution in [2.75, 3.05) is 17.3 Å². The van der Waals surface area contributed by atoms with Crippen LogP contribution in [0.15, 0.2) is 35.3 Å². The lowest BCUT2D eigenvalue weighted by Gasteiger charge is -2.16. The van der Waals surface area contributed by atoms with Gasteiger partial charge >= 0.3 is 6.09 Å². The Morgan fingerprint density at radius 1 is 1.35 bits per heavy atom. The first-order valence-electron chi connectivity index (χ1n) is 7.61. The first-order chi connectivity index (χ1) is 12.3. The average molecular weight is 375 g/mol. The Morgan fingerprint density at radius 3 is 2.85 bits per heavy atom. The molecule has 0 saturated carbocycles. The molecule has 1 amide bonds. The number of hydrogen-bond donors (Lipinski definition) is 3. The Kier molecular flexibility index (Phi) is 4.72. The van der Waals surface area contributed by atoms with E-state index in [2.05, 4.69) is 25.3 Å². The van der Waals surface area contributed by atoms with Crippen LogP contribution in [0, 0.1) is 0 Å². The van der Waals surface area contributed by atoms with E-state index < -0.39 is 12.1 Å². The van der Waals surface area contributed by atoms with Crippen molar-refractivity contribution < 1.29 is 9.90 Å². The SMILES string of the molecule is C[C@H](Nc1nccc(N(C)C(=O)O)n1)c1nc2cc(Cl)ccc2[nH]c1=O. The van der Waals surface area contributed by atoms with Gasteiger partial charge < -0.3 is 15.4 Å². The Hall–Kier alpha value is -3.20. The van der Waals surface area contributed by atoms with Gasteiger partial charge in [-0.05, 0) is 31.2 Å². The number of H-pyrrole nitrogens is 1. The highest BCUT2D eigenvalue weighted by atomic mass is 35.5. The summed E-state index contributed by atoms with van der Waals surface area (Å²) >= 11 is 5.97. The highest BCUT2D eigenvalue weighted by Crippen LogP contribution is 2.19. The lowest BCUT2D eigenvalue weighted by atomic mass is 10.2. The van der Waals surface area contributed by atoms with Crippen LogP contribution in [0.2, 0.25) is 5.02 Å². The van der Waals surface area contributed by atoms with Gasteiger partial charge in [0.1, 0.15) is 11.5 Å². The molecule has 3 N–H and O–H groups in total. The van der Waals surface area contributed by atoms with E-state index in [1.165, 1.54) is 19.3 Å². The van der Waals surface area contributed by atoms with Gasteiger partial charge in [0.25, 0.3) is 5.56 Å². The molecular formula is C16H15ClN6O3. The predicted octanol–water partition coefficient (Wildman–Crippen LogP) is 2.65. The Morgan fingerprint density at radius 2 is 2.12 bits per heavy atom. The molecule has 3 aromatic rings. The molecule has 2 heterocycles. The van der Waals surface area contributed by atoms with E-state index in [4.69, 9.17) is 16.7 Å². The maximum Gasteiger partial charge on any atom is 0.412 e. The molecule has 2 aromatic heterocycles. The number of aromatic nitrogens is 4. The molecule has 0 aliphatic heterocycles.